The van der Waals surface area contributed by atoms with Gasteiger partial charge in [-0.3, -0.25) is 29.0 Å². The van der Waals surface area contributed by atoms with Crippen LogP contribution in [0.3, 0.4) is 0 Å². The maximum absolute atomic E-state index is 14.4. The van der Waals surface area contributed by atoms with Gasteiger partial charge in [0.05, 0.1) is 47.9 Å². The second-order valence-corrected chi connectivity index (χ2v) is 18.9. The number of hydrogen-bond acceptors (Lipinski definition) is 8. The van der Waals surface area contributed by atoms with Crippen molar-refractivity contribution in [1.82, 2.24) is 50.2 Å². The zero-order valence-electron chi connectivity index (χ0n) is 38.8. The number of aromatic nitrogens is 4. The lowest BCUT2D eigenvalue weighted by Gasteiger charge is -2.30. The summed E-state index contributed by atoms with van der Waals surface area (Å²) < 4.78 is 0. The Morgan fingerprint density at radius 3 is 1.24 bits per heavy atom. The Morgan fingerprint density at radius 2 is 0.868 bits per heavy atom. The molecule has 6 atom stereocenters. The Kier molecular flexibility index (Phi) is 13.0. The minimum atomic E-state index is -0.781. The summed E-state index contributed by atoms with van der Waals surface area (Å²) in [5.41, 5.74) is 7.38. The van der Waals surface area contributed by atoms with Crippen LogP contribution in [0.1, 0.15) is 98.3 Å². The third-order valence-corrected chi connectivity index (χ3v) is 14.6. The zero-order chi connectivity index (χ0) is 46.7. The van der Waals surface area contributed by atoms with E-state index in [-0.39, 0.29) is 47.8 Å². The molecule has 0 aliphatic carbocycles. The molecular formula is C54H60N10O4. The zero-order valence-corrected chi connectivity index (χ0v) is 38.8. The number of benzene rings is 4. The van der Waals surface area contributed by atoms with Gasteiger partial charge in [0.15, 0.2) is 0 Å². The van der Waals surface area contributed by atoms with E-state index in [4.69, 9.17) is 9.97 Å². The first kappa shape index (κ1) is 44.9. The molecule has 0 spiro atoms. The molecule has 14 nitrogen and oxygen atoms in total. The number of hydrogen-bond donors (Lipinski definition) is 4. The molecule has 4 saturated heterocycles. The summed E-state index contributed by atoms with van der Waals surface area (Å²) in [5, 5.41) is 6.24. The Morgan fingerprint density at radius 1 is 0.500 bits per heavy atom. The van der Waals surface area contributed by atoms with E-state index in [0.29, 0.717) is 13.1 Å². The van der Waals surface area contributed by atoms with Gasteiger partial charge in [-0.05, 0) is 112 Å². The quantitative estimate of drug-likeness (QED) is 0.0935. The van der Waals surface area contributed by atoms with Crippen LogP contribution in [0, 0.1) is 0 Å². The van der Waals surface area contributed by atoms with E-state index in [1.54, 1.807) is 0 Å². The van der Waals surface area contributed by atoms with Gasteiger partial charge in [-0.15, -0.1) is 0 Å². The van der Waals surface area contributed by atoms with E-state index in [9.17, 15) is 19.2 Å². The fourth-order valence-electron chi connectivity index (χ4n) is 10.8. The lowest BCUT2D eigenvalue weighted by Crippen LogP contribution is -2.48. The van der Waals surface area contributed by atoms with E-state index >= 15 is 0 Å². The third kappa shape index (κ3) is 9.22. The van der Waals surface area contributed by atoms with Crippen molar-refractivity contribution in [3.8, 4) is 33.6 Å². The fourth-order valence-corrected chi connectivity index (χ4v) is 10.8. The topological polar surface area (TPSA) is 163 Å². The number of amides is 4. The number of likely N-dealkylation sites (N-methyl/N-ethyl adjacent to an activating group) is 2. The van der Waals surface area contributed by atoms with Crippen molar-refractivity contribution in [2.24, 2.45) is 0 Å². The van der Waals surface area contributed by atoms with Gasteiger partial charge in [-0.25, -0.2) is 9.97 Å². The molecule has 2 aromatic heterocycles. The molecular weight excluding hydrogens is 853 g/mol. The van der Waals surface area contributed by atoms with Gasteiger partial charge < -0.3 is 30.4 Å². The van der Waals surface area contributed by atoms with Crippen molar-refractivity contribution in [2.75, 3.05) is 40.3 Å². The fraction of sp³-hybridized carbons (Fsp3) is 0.370. The maximum Gasteiger partial charge on any atom is 0.250 e. The molecule has 6 aromatic rings. The number of aromatic amines is 2. The van der Waals surface area contributed by atoms with Crippen molar-refractivity contribution in [1.29, 1.82) is 0 Å². The molecule has 14 heteroatoms. The average molecular weight is 913 g/mol. The van der Waals surface area contributed by atoms with Crippen LogP contribution in [0.2, 0.25) is 0 Å². The highest BCUT2D eigenvalue weighted by Gasteiger charge is 2.40. The van der Waals surface area contributed by atoms with Gasteiger partial charge in [0.1, 0.15) is 23.7 Å². The summed E-state index contributed by atoms with van der Waals surface area (Å²) in [4.78, 5) is 80.1. The molecule has 4 aromatic carbocycles. The molecule has 350 valence electrons. The molecule has 4 N–H and O–H groups in total. The van der Waals surface area contributed by atoms with Crippen LogP contribution in [0.4, 0.5) is 0 Å². The number of likely N-dealkylation sites (tertiary alicyclic amines) is 4. The minimum absolute atomic E-state index is 0.110. The van der Waals surface area contributed by atoms with Crippen LogP contribution in [-0.2, 0) is 19.2 Å². The van der Waals surface area contributed by atoms with Crippen molar-refractivity contribution >= 4 is 23.6 Å². The molecule has 4 aliphatic rings. The second kappa shape index (κ2) is 19.7. The van der Waals surface area contributed by atoms with Crippen LogP contribution in [0.25, 0.3) is 33.6 Å². The normalized spacial score (nSPS) is 21.8. The Hall–Kier alpha value is -6.90. The van der Waals surface area contributed by atoms with Crippen LogP contribution < -0.4 is 10.6 Å². The first-order chi connectivity index (χ1) is 33.2. The summed E-state index contributed by atoms with van der Waals surface area (Å²) in [6, 6.07) is 33.3. The lowest BCUT2D eigenvalue weighted by atomic mass is 10.0. The summed E-state index contributed by atoms with van der Waals surface area (Å²) >= 11 is 0. The van der Waals surface area contributed by atoms with Gasteiger partial charge >= 0.3 is 0 Å². The predicted molar refractivity (Wildman–Crippen MR) is 260 cm³/mol. The van der Waals surface area contributed by atoms with E-state index in [1.165, 1.54) is 0 Å². The van der Waals surface area contributed by atoms with E-state index in [0.717, 1.165) is 121 Å². The molecule has 0 saturated carbocycles. The SMILES string of the molecule is CN1CCCC1C(=O)NC(C(=O)N1CCCC1c1ncc(-c2ccc(-c3ccc(-c4cnc(C5CCCN5C(=O)C(NC(=O)[C@@H]5CCCN5C)c5ccccc5)[nH]4)cc3)cc2)[nH]1)c1ccccc1. The van der Waals surface area contributed by atoms with Crippen molar-refractivity contribution in [3.63, 3.8) is 0 Å². The monoisotopic (exact) mass is 912 g/mol. The minimum Gasteiger partial charge on any atom is -0.340 e. The number of imidazole rings is 2. The van der Waals surface area contributed by atoms with Gasteiger partial charge in [0, 0.05) is 13.1 Å². The number of carbonyl (C=O) groups excluding carboxylic acids is 4. The molecule has 6 heterocycles. The Labute approximate surface area is 397 Å². The van der Waals surface area contributed by atoms with Crippen LogP contribution >= 0.6 is 0 Å². The van der Waals surface area contributed by atoms with Gasteiger partial charge in [-0.1, -0.05) is 109 Å². The van der Waals surface area contributed by atoms with Gasteiger partial charge in [0.2, 0.25) is 23.6 Å². The van der Waals surface area contributed by atoms with Crippen LogP contribution in [0.5, 0.6) is 0 Å². The third-order valence-electron chi connectivity index (χ3n) is 14.6. The number of nitrogens with one attached hydrogen (secondary N) is 4. The number of carbonyl (C=O) groups is 4. The number of nitrogens with zero attached hydrogens (tertiary/aromatic N) is 6. The van der Waals surface area contributed by atoms with E-state index < -0.39 is 12.1 Å². The first-order valence-electron chi connectivity index (χ1n) is 24.2. The van der Waals surface area contributed by atoms with Gasteiger partial charge in [-0.2, -0.15) is 0 Å². The van der Waals surface area contributed by atoms with Crippen LogP contribution in [0.15, 0.2) is 122 Å². The molecule has 4 aliphatic heterocycles. The van der Waals surface area contributed by atoms with Crippen molar-refractivity contribution < 1.29 is 19.2 Å². The highest BCUT2D eigenvalue weighted by Crippen LogP contribution is 2.37. The highest BCUT2D eigenvalue weighted by atomic mass is 16.2. The predicted octanol–water partition coefficient (Wildman–Crippen LogP) is 7.36. The molecule has 5 unspecified atom stereocenters. The second-order valence-electron chi connectivity index (χ2n) is 18.9. The Balaban J connectivity index is 0.793. The van der Waals surface area contributed by atoms with Gasteiger partial charge in [0.25, 0.3) is 0 Å². The smallest absolute Gasteiger partial charge is 0.250 e. The molecule has 4 amide bonds. The molecule has 0 radical (unpaired) electrons. The molecule has 68 heavy (non-hydrogen) atoms. The maximum atomic E-state index is 14.4. The largest absolute Gasteiger partial charge is 0.340 e. The van der Waals surface area contributed by atoms with Crippen LogP contribution in [-0.4, -0.2) is 116 Å². The summed E-state index contributed by atoms with van der Waals surface area (Å²) in [7, 11) is 3.93. The lowest BCUT2D eigenvalue weighted by molar-refractivity contribution is -0.138. The average Bonchev–Trinajstić information content (AvgIpc) is 4.24. The summed E-state index contributed by atoms with van der Waals surface area (Å²) in [6.45, 7) is 2.92. The number of H-pyrrole nitrogens is 2. The standard InChI is InChI=1S/C54H60N10O4/c1-61-29-9-19-45(61)51(65)59-47(39-13-5-3-6-14-39)53(67)63-31-11-17-43(63)49-55-33-41(57-49)37-25-21-35(22-26-37)36-23-27-38(28-24-36)42-34-56-50(58-42)44-18-12-32-64(44)54(68)48(40-15-7-4-8-16-40)60-52(66)46-20-10-30-62(46)2/h3-8,13-16,21-28,33-34,43-48H,9-12,17-20,29-32H2,1-2H3,(H,55,57)(H,56,58)(H,59,65)(H,60,66)/t43?,44?,45-,46?,47?,48?/m0/s1. The highest BCUT2D eigenvalue weighted by molar-refractivity contribution is 5.92. The van der Waals surface area contributed by atoms with Crippen molar-refractivity contribution in [3.05, 3.63) is 144 Å². The van der Waals surface area contributed by atoms with Crippen molar-refractivity contribution in [2.45, 2.75) is 87.6 Å². The molecule has 10 rings (SSSR count). The Bertz CT molecular complexity index is 2530. The molecule has 0 bridgehead atoms. The first-order valence-corrected chi connectivity index (χ1v) is 24.2. The summed E-state index contributed by atoms with van der Waals surface area (Å²) in [6.07, 6.45) is 10.4. The summed E-state index contributed by atoms with van der Waals surface area (Å²) in [5.74, 6) is 1.01. The number of rotatable bonds is 13. The molecule has 4 fully saturated rings. The van der Waals surface area contributed by atoms with E-state index in [2.05, 4.69) is 78.9 Å². The van der Waals surface area contributed by atoms with E-state index in [1.807, 2.05) is 97.0 Å².